The van der Waals surface area contributed by atoms with E-state index in [1.165, 1.54) is 6.20 Å². The lowest BCUT2D eigenvalue weighted by Crippen LogP contribution is -2.54. The summed E-state index contributed by atoms with van der Waals surface area (Å²) in [6.07, 6.45) is 1.53. The zero-order valence-electron chi connectivity index (χ0n) is 12.9. The summed E-state index contributed by atoms with van der Waals surface area (Å²) in [6.45, 7) is 1.16. The van der Waals surface area contributed by atoms with E-state index < -0.39 is 6.04 Å². The number of hydrogen-bond donors (Lipinski definition) is 2. The number of halogens is 1. The zero-order chi connectivity index (χ0) is 16.9. The number of piperazine rings is 1. The van der Waals surface area contributed by atoms with E-state index in [1.54, 1.807) is 17.0 Å². The van der Waals surface area contributed by atoms with Gasteiger partial charge in [0.1, 0.15) is 6.04 Å². The van der Waals surface area contributed by atoms with E-state index >= 15 is 0 Å². The first-order chi connectivity index (χ1) is 11.6. The first-order valence-corrected chi connectivity index (χ1v) is 8.00. The third-order valence-electron chi connectivity index (χ3n) is 3.80. The number of rotatable bonds is 3. The van der Waals surface area contributed by atoms with Crippen LogP contribution in [0, 0.1) is 0 Å². The summed E-state index contributed by atoms with van der Waals surface area (Å²) in [6, 6.07) is 11.8. The van der Waals surface area contributed by atoms with Gasteiger partial charge in [-0.25, -0.2) is 4.79 Å². The maximum Gasteiger partial charge on any atom is 0.318 e. The summed E-state index contributed by atoms with van der Waals surface area (Å²) in [5, 5.41) is 6.16. The lowest BCUT2D eigenvalue weighted by Gasteiger charge is -2.35. The van der Waals surface area contributed by atoms with Crippen LogP contribution in [0.2, 0.25) is 5.02 Å². The molecule has 1 aromatic carbocycles. The first-order valence-electron chi connectivity index (χ1n) is 7.63. The first kappa shape index (κ1) is 16.3. The van der Waals surface area contributed by atoms with Gasteiger partial charge in [-0.1, -0.05) is 41.9 Å². The molecule has 3 amide bonds. The van der Waals surface area contributed by atoms with Gasteiger partial charge in [0, 0.05) is 19.3 Å². The van der Waals surface area contributed by atoms with Gasteiger partial charge in [0.05, 0.1) is 17.3 Å². The molecular weight excluding hydrogens is 328 g/mol. The van der Waals surface area contributed by atoms with Crippen molar-refractivity contribution in [2.45, 2.75) is 12.6 Å². The monoisotopic (exact) mass is 344 g/mol. The second-order valence-electron chi connectivity index (χ2n) is 5.42. The lowest BCUT2D eigenvalue weighted by atomic mass is 10.0. The van der Waals surface area contributed by atoms with Crippen LogP contribution < -0.4 is 10.6 Å². The summed E-state index contributed by atoms with van der Waals surface area (Å²) in [7, 11) is 0. The highest BCUT2D eigenvalue weighted by atomic mass is 35.5. The highest BCUT2D eigenvalue weighted by Gasteiger charge is 2.34. The number of benzene rings is 1. The Kier molecular flexibility index (Phi) is 4.96. The standard InChI is InChI=1S/C17H17ClN4O2/c18-13-6-7-14(20-10-13)11-21-17(24)22-9-8-19-16(23)15(22)12-4-2-1-3-5-12/h1-7,10,15H,8-9,11H2,(H,19,23)(H,21,24)/t15-/m0/s1. The Morgan fingerprint density at radius 1 is 1.29 bits per heavy atom. The molecule has 124 valence electrons. The summed E-state index contributed by atoms with van der Waals surface area (Å²) < 4.78 is 0. The minimum absolute atomic E-state index is 0.174. The molecule has 3 rings (SSSR count). The maximum atomic E-state index is 12.5. The van der Waals surface area contributed by atoms with Gasteiger partial charge >= 0.3 is 6.03 Å². The van der Waals surface area contributed by atoms with Gasteiger partial charge in [-0.15, -0.1) is 0 Å². The molecule has 1 aliphatic heterocycles. The van der Waals surface area contributed by atoms with E-state index in [2.05, 4.69) is 15.6 Å². The number of nitrogens with zero attached hydrogens (tertiary/aromatic N) is 2. The van der Waals surface area contributed by atoms with Crippen LogP contribution in [0.1, 0.15) is 17.3 Å². The molecule has 0 bridgehead atoms. The SMILES string of the molecule is O=C1NCCN(C(=O)NCc2ccc(Cl)cn2)[C@H]1c1ccccc1. The van der Waals surface area contributed by atoms with Crippen LogP contribution in [0.4, 0.5) is 4.79 Å². The lowest BCUT2D eigenvalue weighted by molar-refractivity contribution is -0.127. The Morgan fingerprint density at radius 3 is 2.79 bits per heavy atom. The van der Waals surface area contributed by atoms with Gasteiger partial charge in [-0.05, 0) is 17.7 Å². The number of carbonyl (C=O) groups is 2. The van der Waals surface area contributed by atoms with E-state index in [4.69, 9.17) is 11.6 Å². The fourth-order valence-corrected chi connectivity index (χ4v) is 2.74. The number of pyridine rings is 1. The Balaban J connectivity index is 1.71. The number of aromatic nitrogens is 1. The Hall–Kier alpha value is -2.60. The van der Waals surface area contributed by atoms with Gasteiger partial charge in [0.25, 0.3) is 0 Å². The number of nitrogens with one attached hydrogen (secondary N) is 2. The van der Waals surface area contributed by atoms with Crippen molar-refractivity contribution in [3.63, 3.8) is 0 Å². The molecule has 1 aromatic heterocycles. The molecule has 1 fully saturated rings. The molecular formula is C17H17ClN4O2. The third kappa shape index (κ3) is 3.65. The Morgan fingerprint density at radius 2 is 2.08 bits per heavy atom. The molecule has 0 unspecified atom stereocenters. The smallest absolute Gasteiger partial charge is 0.318 e. The van der Waals surface area contributed by atoms with Crippen LogP contribution in [0.15, 0.2) is 48.7 Å². The highest BCUT2D eigenvalue weighted by molar-refractivity contribution is 6.30. The summed E-state index contributed by atoms with van der Waals surface area (Å²) >= 11 is 5.80. The van der Waals surface area contributed by atoms with Crippen LogP contribution >= 0.6 is 11.6 Å². The second kappa shape index (κ2) is 7.31. The Labute approximate surface area is 144 Å². The molecule has 2 aromatic rings. The molecule has 0 spiro atoms. The van der Waals surface area contributed by atoms with Gasteiger partial charge in [0.2, 0.25) is 5.91 Å². The number of hydrogen-bond acceptors (Lipinski definition) is 3. The molecule has 1 aliphatic rings. The molecule has 0 aliphatic carbocycles. The average molecular weight is 345 g/mol. The molecule has 1 atom stereocenters. The van der Waals surface area contributed by atoms with Crippen molar-refractivity contribution in [2.24, 2.45) is 0 Å². The number of carbonyl (C=O) groups excluding carboxylic acids is 2. The summed E-state index contributed by atoms with van der Waals surface area (Å²) in [5.74, 6) is -0.174. The van der Waals surface area contributed by atoms with Crippen molar-refractivity contribution < 1.29 is 9.59 Å². The van der Waals surface area contributed by atoms with E-state index in [0.29, 0.717) is 23.8 Å². The summed E-state index contributed by atoms with van der Waals surface area (Å²) in [4.78, 5) is 30.5. The minimum atomic E-state index is -0.627. The van der Waals surface area contributed by atoms with Gasteiger partial charge in [-0.2, -0.15) is 0 Å². The van der Waals surface area contributed by atoms with Crippen molar-refractivity contribution >= 4 is 23.5 Å². The van der Waals surface area contributed by atoms with Crippen LogP contribution in [-0.4, -0.2) is 34.9 Å². The van der Waals surface area contributed by atoms with Crippen LogP contribution in [0.3, 0.4) is 0 Å². The molecule has 2 N–H and O–H groups in total. The average Bonchev–Trinajstić information content (AvgIpc) is 2.61. The third-order valence-corrected chi connectivity index (χ3v) is 4.02. The topological polar surface area (TPSA) is 74.3 Å². The molecule has 2 heterocycles. The molecule has 24 heavy (non-hydrogen) atoms. The van der Waals surface area contributed by atoms with Crippen molar-refractivity contribution in [1.82, 2.24) is 20.5 Å². The fourth-order valence-electron chi connectivity index (χ4n) is 2.63. The van der Waals surface area contributed by atoms with E-state index in [1.807, 2.05) is 30.3 Å². The second-order valence-corrected chi connectivity index (χ2v) is 5.86. The quantitative estimate of drug-likeness (QED) is 0.895. The van der Waals surface area contributed by atoms with Crippen molar-refractivity contribution in [1.29, 1.82) is 0 Å². The molecule has 0 saturated carbocycles. The van der Waals surface area contributed by atoms with E-state index in [9.17, 15) is 9.59 Å². The van der Waals surface area contributed by atoms with Crippen LogP contribution in [-0.2, 0) is 11.3 Å². The van der Waals surface area contributed by atoms with Gasteiger partial charge in [-0.3, -0.25) is 9.78 Å². The molecule has 6 nitrogen and oxygen atoms in total. The predicted octanol–water partition coefficient (Wildman–Crippen LogP) is 2.12. The number of amides is 3. The molecule has 7 heteroatoms. The van der Waals surface area contributed by atoms with E-state index in [0.717, 1.165) is 5.56 Å². The van der Waals surface area contributed by atoms with Crippen molar-refractivity contribution in [3.05, 3.63) is 64.9 Å². The van der Waals surface area contributed by atoms with Crippen LogP contribution in [0.25, 0.3) is 0 Å². The normalized spacial score (nSPS) is 17.3. The Bertz CT molecular complexity index is 721. The maximum absolute atomic E-state index is 12.5. The van der Waals surface area contributed by atoms with Gasteiger partial charge < -0.3 is 15.5 Å². The van der Waals surface area contributed by atoms with Gasteiger partial charge in [0.15, 0.2) is 0 Å². The van der Waals surface area contributed by atoms with Crippen molar-refractivity contribution in [3.8, 4) is 0 Å². The number of urea groups is 1. The largest absolute Gasteiger partial charge is 0.352 e. The van der Waals surface area contributed by atoms with Crippen LogP contribution in [0.5, 0.6) is 0 Å². The fraction of sp³-hybridized carbons (Fsp3) is 0.235. The summed E-state index contributed by atoms with van der Waals surface area (Å²) in [5.41, 5.74) is 1.49. The van der Waals surface area contributed by atoms with E-state index in [-0.39, 0.29) is 18.5 Å². The zero-order valence-corrected chi connectivity index (χ0v) is 13.7. The van der Waals surface area contributed by atoms with Crippen molar-refractivity contribution in [2.75, 3.05) is 13.1 Å². The highest BCUT2D eigenvalue weighted by Crippen LogP contribution is 2.23. The predicted molar refractivity (Wildman–Crippen MR) is 90.4 cm³/mol. The minimum Gasteiger partial charge on any atom is -0.352 e. The molecule has 0 radical (unpaired) electrons. The molecule has 1 saturated heterocycles.